The topological polar surface area (TPSA) is 41.5 Å². The summed E-state index contributed by atoms with van der Waals surface area (Å²) in [6, 6.07) is 26.6. The highest BCUT2D eigenvalue weighted by atomic mass is 16.5. The van der Waals surface area contributed by atoms with E-state index in [-0.39, 0.29) is 0 Å². The van der Waals surface area contributed by atoms with Crippen LogP contribution in [0.15, 0.2) is 78.9 Å². The third-order valence-corrected chi connectivity index (χ3v) is 5.09. The van der Waals surface area contributed by atoms with Gasteiger partial charge in [-0.15, -0.1) is 0 Å². The van der Waals surface area contributed by atoms with Crippen molar-refractivity contribution in [2.75, 3.05) is 6.54 Å². The summed E-state index contributed by atoms with van der Waals surface area (Å²) < 4.78 is 5.90. The van der Waals surface area contributed by atoms with Crippen LogP contribution in [0.5, 0.6) is 5.75 Å². The highest BCUT2D eigenvalue weighted by Crippen LogP contribution is 2.29. The summed E-state index contributed by atoms with van der Waals surface area (Å²) in [6.07, 6.45) is 1.44. The number of ether oxygens (including phenoxy) is 1. The fraction of sp³-hybridized carbons (Fsp3) is 0.250. The second kappa shape index (κ2) is 7.95. The van der Waals surface area contributed by atoms with Gasteiger partial charge >= 0.3 is 0 Å². The van der Waals surface area contributed by atoms with Crippen LogP contribution in [0.3, 0.4) is 0 Å². The lowest BCUT2D eigenvalue weighted by molar-refractivity contribution is 0.0510. The molecule has 0 spiro atoms. The molecule has 0 bridgehead atoms. The molecule has 0 atom stereocenters. The summed E-state index contributed by atoms with van der Waals surface area (Å²) in [6.45, 7) is 1.85. The molecule has 2 N–H and O–H groups in total. The fourth-order valence-electron chi connectivity index (χ4n) is 3.72. The fourth-order valence-corrected chi connectivity index (χ4v) is 3.72. The first kappa shape index (κ1) is 17.8. The van der Waals surface area contributed by atoms with E-state index in [2.05, 4.69) is 41.7 Å². The molecular formula is C24H25NO2. The van der Waals surface area contributed by atoms with E-state index in [1.165, 1.54) is 11.1 Å². The number of rotatable bonds is 7. The number of nitrogens with one attached hydrogen (secondary N) is 1. The molecule has 4 rings (SSSR count). The molecule has 27 heavy (non-hydrogen) atoms. The summed E-state index contributed by atoms with van der Waals surface area (Å²) in [5.74, 6) is 0.866. The minimum Gasteiger partial charge on any atom is -0.489 e. The van der Waals surface area contributed by atoms with Crippen molar-refractivity contribution < 1.29 is 9.84 Å². The molecule has 0 heterocycles. The molecule has 3 aromatic carbocycles. The van der Waals surface area contributed by atoms with Crippen LogP contribution < -0.4 is 10.1 Å². The monoisotopic (exact) mass is 359 g/mol. The first-order valence-corrected chi connectivity index (χ1v) is 9.46. The van der Waals surface area contributed by atoms with Crippen LogP contribution in [-0.2, 0) is 26.0 Å². The maximum atomic E-state index is 10.9. The number of hydrogen-bond donors (Lipinski definition) is 2. The van der Waals surface area contributed by atoms with Crippen molar-refractivity contribution in [1.82, 2.24) is 5.32 Å². The molecular weight excluding hydrogens is 334 g/mol. The van der Waals surface area contributed by atoms with E-state index in [4.69, 9.17) is 4.74 Å². The van der Waals surface area contributed by atoms with Crippen molar-refractivity contribution in [2.45, 2.75) is 31.6 Å². The van der Waals surface area contributed by atoms with Crippen molar-refractivity contribution in [3.63, 3.8) is 0 Å². The van der Waals surface area contributed by atoms with Gasteiger partial charge in [-0.25, -0.2) is 0 Å². The summed E-state index contributed by atoms with van der Waals surface area (Å²) in [4.78, 5) is 0. The van der Waals surface area contributed by atoms with Gasteiger partial charge in [0.1, 0.15) is 12.4 Å². The van der Waals surface area contributed by atoms with Crippen LogP contribution in [0.25, 0.3) is 0 Å². The Kier molecular flexibility index (Phi) is 5.23. The van der Waals surface area contributed by atoms with Crippen LogP contribution >= 0.6 is 0 Å². The van der Waals surface area contributed by atoms with Crippen molar-refractivity contribution >= 4 is 0 Å². The zero-order chi connectivity index (χ0) is 18.5. The van der Waals surface area contributed by atoms with E-state index < -0.39 is 5.60 Å². The Bertz CT molecular complexity index is 867. The molecule has 0 radical (unpaired) electrons. The Morgan fingerprint density at radius 3 is 2.22 bits per heavy atom. The standard InChI is InChI=1S/C24H25NO2/c26-24(14-21-10-4-5-11-22(21)15-24)18-25-16-20-9-6-12-23(13-20)27-17-19-7-2-1-3-8-19/h1-13,25-26H,14-18H2. The van der Waals surface area contributed by atoms with Crippen LogP contribution in [-0.4, -0.2) is 17.3 Å². The Balaban J connectivity index is 1.29. The van der Waals surface area contributed by atoms with Crippen LogP contribution in [0, 0.1) is 0 Å². The van der Waals surface area contributed by atoms with Gasteiger partial charge in [-0.3, -0.25) is 0 Å². The zero-order valence-corrected chi connectivity index (χ0v) is 15.4. The molecule has 3 heteroatoms. The molecule has 3 aromatic rings. The Hall–Kier alpha value is -2.62. The summed E-state index contributed by atoms with van der Waals surface area (Å²) in [5, 5.41) is 14.3. The van der Waals surface area contributed by atoms with Gasteiger partial charge in [-0.05, 0) is 34.4 Å². The lowest BCUT2D eigenvalue weighted by atomic mass is 10.0. The Labute approximate surface area is 160 Å². The van der Waals surface area contributed by atoms with Crippen molar-refractivity contribution in [3.05, 3.63) is 101 Å². The largest absolute Gasteiger partial charge is 0.489 e. The normalized spacial score (nSPS) is 14.7. The molecule has 138 valence electrons. The first-order valence-electron chi connectivity index (χ1n) is 9.46. The number of aliphatic hydroxyl groups is 1. The first-order chi connectivity index (χ1) is 13.2. The summed E-state index contributed by atoms with van der Waals surface area (Å²) >= 11 is 0. The van der Waals surface area contributed by atoms with Gasteiger partial charge in [0, 0.05) is 25.9 Å². The van der Waals surface area contributed by atoms with Gasteiger partial charge in [0.15, 0.2) is 0 Å². The van der Waals surface area contributed by atoms with Crippen LogP contribution in [0.2, 0.25) is 0 Å². The lowest BCUT2D eigenvalue weighted by Gasteiger charge is -2.22. The second-order valence-electron chi connectivity index (χ2n) is 7.37. The van der Waals surface area contributed by atoms with Gasteiger partial charge in [0.2, 0.25) is 0 Å². The molecule has 0 unspecified atom stereocenters. The SMILES string of the molecule is OC1(CNCc2cccc(OCc3ccccc3)c2)Cc2ccccc2C1. The maximum Gasteiger partial charge on any atom is 0.120 e. The smallest absolute Gasteiger partial charge is 0.120 e. The number of hydrogen-bond acceptors (Lipinski definition) is 3. The molecule has 0 amide bonds. The molecule has 1 aliphatic rings. The second-order valence-corrected chi connectivity index (χ2v) is 7.37. The van der Waals surface area contributed by atoms with Crippen molar-refractivity contribution in [2.24, 2.45) is 0 Å². The third-order valence-electron chi connectivity index (χ3n) is 5.09. The minimum absolute atomic E-state index is 0.565. The van der Waals surface area contributed by atoms with Crippen molar-refractivity contribution in [1.29, 1.82) is 0 Å². The molecule has 1 aliphatic carbocycles. The van der Waals surface area contributed by atoms with Gasteiger partial charge in [-0.2, -0.15) is 0 Å². The van der Waals surface area contributed by atoms with E-state index in [9.17, 15) is 5.11 Å². The molecule has 0 fully saturated rings. The van der Waals surface area contributed by atoms with Crippen molar-refractivity contribution in [3.8, 4) is 5.75 Å². The van der Waals surface area contributed by atoms with Crippen LogP contribution in [0.1, 0.15) is 22.3 Å². The quantitative estimate of drug-likeness (QED) is 0.673. The Morgan fingerprint density at radius 1 is 0.815 bits per heavy atom. The van der Waals surface area contributed by atoms with Gasteiger partial charge in [-0.1, -0.05) is 66.7 Å². The lowest BCUT2D eigenvalue weighted by Crippen LogP contribution is -2.41. The highest BCUT2D eigenvalue weighted by Gasteiger charge is 2.34. The van der Waals surface area contributed by atoms with E-state index in [0.717, 1.165) is 29.7 Å². The van der Waals surface area contributed by atoms with Gasteiger partial charge < -0.3 is 15.2 Å². The van der Waals surface area contributed by atoms with Gasteiger partial charge in [0.25, 0.3) is 0 Å². The average Bonchev–Trinajstić information content (AvgIpc) is 3.04. The predicted molar refractivity (Wildman–Crippen MR) is 108 cm³/mol. The number of fused-ring (bicyclic) bond motifs is 1. The zero-order valence-electron chi connectivity index (χ0n) is 15.4. The van der Waals surface area contributed by atoms with E-state index in [1.807, 2.05) is 42.5 Å². The third kappa shape index (κ3) is 4.57. The summed E-state index contributed by atoms with van der Waals surface area (Å²) in [5.41, 5.74) is 4.14. The molecule has 0 saturated carbocycles. The van der Waals surface area contributed by atoms with E-state index >= 15 is 0 Å². The minimum atomic E-state index is -0.689. The molecule has 0 aliphatic heterocycles. The molecule has 0 saturated heterocycles. The van der Waals surface area contributed by atoms with Gasteiger partial charge in [0.05, 0.1) is 5.60 Å². The summed E-state index contributed by atoms with van der Waals surface area (Å²) in [7, 11) is 0. The van der Waals surface area contributed by atoms with E-state index in [1.54, 1.807) is 0 Å². The predicted octanol–water partition coefficient (Wildman–Crippen LogP) is 3.89. The van der Waals surface area contributed by atoms with Crippen LogP contribution in [0.4, 0.5) is 0 Å². The van der Waals surface area contributed by atoms with E-state index in [0.29, 0.717) is 19.7 Å². The average molecular weight is 359 g/mol. The maximum absolute atomic E-state index is 10.9. The molecule has 0 aromatic heterocycles. The molecule has 3 nitrogen and oxygen atoms in total. The number of benzene rings is 3. The highest BCUT2D eigenvalue weighted by molar-refractivity contribution is 5.35. The Morgan fingerprint density at radius 2 is 1.48 bits per heavy atom.